The summed E-state index contributed by atoms with van der Waals surface area (Å²) in [6, 6.07) is 0. The van der Waals surface area contributed by atoms with Gasteiger partial charge in [-0.25, -0.2) is 4.99 Å². The molecule has 0 aliphatic heterocycles. The van der Waals surface area contributed by atoms with Gasteiger partial charge < -0.3 is 10.6 Å². The van der Waals surface area contributed by atoms with Gasteiger partial charge in [-0.1, -0.05) is 27.2 Å². The van der Waals surface area contributed by atoms with Crippen molar-refractivity contribution in [3.63, 3.8) is 0 Å². The number of aliphatic imine (C=N–C) groups is 1. The van der Waals surface area contributed by atoms with Gasteiger partial charge in [-0.15, -0.1) is 24.0 Å². The molecule has 140 valence electrons. The zero-order valence-corrected chi connectivity index (χ0v) is 18.8. The van der Waals surface area contributed by atoms with E-state index >= 15 is 0 Å². The summed E-state index contributed by atoms with van der Waals surface area (Å²) in [5.41, 5.74) is 3.90. The number of rotatable bonds is 7. The van der Waals surface area contributed by atoms with Gasteiger partial charge in [0.1, 0.15) is 0 Å². The van der Waals surface area contributed by atoms with Gasteiger partial charge in [0.2, 0.25) is 0 Å². The normalized spacial score (nSPS) is 12.0. The van der Waals surface area contributed by atoms with E-state index in [0.717, 1.165) is 24.7 Å². The molecule has 1 aromatic heterocycles. The van der Waals surface area contributed by atoms with Crippen LogP contribution in [0.25, 0.3) is 0 Å². The van der Waals surface area contributed by atoms with Crippen molar-refractivity contribution < 1.29 is 0 Å². The Kier molecular flexibility index (Phi) is 10.6. The largest absolute Gasteiger partial charge is 0.357 e. The number of aryl methyl sites for hydroxylation is 2. The monoisotopic (exact) mass is 449 g/mol. The third-order valence-corrected chi connectivity index (χ3v) is 4.04. The van der Waals surface area contributed by atoms with Gasteiger partial charge in [0.15, 0.2) is 5.96 Å². The highest BCUT2D eigenvalue weighted by atomic mass is 127. The number of hydrogen-bond donors (Lipinski definition) is 2. The fraction of sp³-hybridized carbons (Fsp3) is 0.778. The van der Waals surface area contributed by atoms with Gasteiger partial charge in [0.05, 0.1) is 12.2 Å². The second-order valence-electron chi connectivity index (χ2n) is 7.41. The van der Waals surface area contributed by atoms with Gasteiger partial charge >= 0.3 is 0 Å². The molecule has 0 unspecified atom stereocenters. The summed E-state index contributed by atoms with van der Waals surface area (Å²) >= 11 is 0. The van der Waals surface area contributed by atoms with Gasteiger partial charge in [-0.3, -0.25) is 4.68 Å². The maximum atomic E-state index is 4.71. The van der Waals surface area contributed by atoms with Crippen LogP contribution in [0.3, 0.4) is 0 Å². The molecule has 1 heterocycles. The molecule has 0 bridgehead atoms. The summed E-state index contributed by atoms with van der Waals surface area (Å²) in [5.74, 6) is 0.894. The summed E-state index contributed by atoms with van der Waals surface area (Å²) in [5, 5.41) is 11.2. The molecule has 0 saturated heterocycles. The smallest absolute Gasteiger partial charge is 0.191 e. The van der Waals surface area contributed by atoms with Crippen molar-refractivity contribution in [3.05, 3.63) is 17.0 Å². The average Bonchev–Trinajstić information content (AvgIpc) is 2.68. The van der Waals surface area contributed by atoms with Crippen molar-refractivity contribution in [2.24, 2.45) is 17.5 Å². The molecule has 0 aliphatic carbocycles. The highest BCUT2D eigenvalue weighted by molar-refractivity contribution is 14.0. The molecule has 0 aromatic carbocycles. The Balaban J connectivity index is 0.00000529. The number of halogens is 1. The van der Waals surface area contributed by atoms with E-state index in [-0.39, 0.29) is 24.0 Å². The number of unbranched alkanes of at least 4 members (excludes halogenated alkanes) is 1. The second kappa shape index (κ2) is 10.9. The maximum Gasteiger partial charge on any atom is 0.191 e. The molecule has 2 N–H and O–H groups in total. The van der Waals surface area contributed by atoms with Gasteiger partial charge in [0.25, 0.3) is 0 Å². The highest BCUT2D eigenvalue weighted by Crippen LogP contribution is 2.21. The zero-order valence-electron chi connectivity index (χ0n) is 16.5. The Morgan fingerprint density at radius 2 is 1.83 bits per heavy atom. The molecule has 0 saturated carbocycles. The second-order valence-corrected chi connectivity index (χ2v) is 7.41. The fourth-order valence-electron chi connectivity index (χ4n) is 2.53. The van der Waals surface area contributed by atoms with Crippen LogP contribution in [0.5, 0.6) is 0 Å². The van der Waals surface area contributed by atoms with Crippen LogP contribution in [0.4, 0.5) is 0 Å². The number of guanidine groups is 1. The summed E-state index contributed by atoms with van der Waals surface area (Å²) in [6.45, 7) is 15.6. The molecular formula is C18H36IN5. The predicted octanol–water partition coefficient (Wildman–Crippen LogP) is 3.93. The number of nitrogens with one attached hydrogen (secondary N) is 2. The van der Waals surface area contributed by atoms with Crippen molar-refractivity contribution in [2.45, 2.75) is 67.3 Å². The molecule has 6 heteroatoms. The van der Waals surface area contributed by atoms with Crippen molar-refractivity contribution in [1.82, 2.24) is 20.4 Å². The van der Waals surface area contributed by atoms with Crippen LogP contribution in [-0.4, -0.2) is 28.8 Å². The molecule has 0 radical (unpaired) electrons. The van der Waals surface area contributed by atoms with Gasteiger partial charge in [-0.2, -0.15) is 5.10 Å². The Bertz CT molecular complexity index is 514. The molecule has 0 fully saturated rings. The van der Waals surface area contributed by atoms with Crippen LogP contribution in [0.1, 0.15) is 63.9 Å². The van der Waals surface area contributed by atoms with Crippen LogP contribution in [0.2, 0.25) is 0 Å². The van der Waals surface area contributed by atoms with Crippen LogP contribution in [0, 0.1) is 19.3 Å². The average molecular weight is 449 g/mol. The summed E-state index contributed by atoms with van der Waals surface area (Å²) in [4.78, 5) is 4.71. The van der Waals surface area contributed by atoms with Crippen molar-refractivity contribution in [1.29, 1.82) is 0 Å². The molecule has 0 atom stereocenters. The lowest BCUT2D eigenvalue weighted by molar-refractivity contribution is 0.360. The fourth-order valence-corrected chi connectivity index (χ4v) is 2.53. The lowest BCUT2D eigenvalue weighted by Gasteiger charge is -2.18. The van der Waals surface area contributed by atoms with E-state index in [1.54, 1.807) is 0 Å². The Labute approximate surface area is 165 Å². The van der Waals surface area contributed by atoms with E-state index in [0.29, 0.717) is 12.0 Å². The minimum absolute atomic E-state index is 0. The van der Waals surface area contributed by atoms with E-state index in [4.69, 9.17) is 4.99 Å². The third kappa shape index (κ3) is 8.35. The minimum atomic E-state index is 0. The lowest BCUT2D eigenvalue weighted by Crippen LogP contribution is -2.37. The van der Waals surface area contributed by atoms with Crippen molar-refractivity contribution in [3.8, 4) is 0 Å². The van der Waals surface area contributed by atoms with E-state index in [9.17, 15) is 0 Å². The molecule has 1 rings (SSSR count). The summed E-state index contributed by atoms with van der Waals surface area (Å²) < 4.78 is 1.92. The van der Waals surface area contributed by atoms with Gasteiger partial charge in [0, 0.05) is 31.4 Å². The summed E-state index contributed by atoms with van der Waals surface area (Å²) in [6.07, 6.45) is 3.68. The van der Waals surface area contributed by atoms with Crippen molar-refractivity contribution in [2.75, 3.05) is 13.1 Å². The van der Waals surface area contributed by atoms with E-state index in [2.05, 4.69) is 50.4 Å². The Morgan fingerprint density at radius 1 is 1.17 bits per heavy atom. The lowest BCUT2D eigenvalue weighted by atomic mass is 9.90. The molecule has 0 spiro atoms. The third-order valence-electron chi connectivity index (χ3n) is 4.04. The highest BCUT2D eigenvalue weighted by Gasteiger charge is 2.10. The van der Waals surface area contributed by atoms with E-state index in [1.807, 2.05) is 18.7 Å². The molecule has 24 heavy (non-hydrogen) atoms. The number of hydrogen-bond acceptors (Lipinski definition) is 2. The quantitative estimate of drug-likeness (QED) is 0.287. The zero-order chi connectivity index (χ0) is 17.5. The standard InChI is InChI=1S/C18H35N5.HI/c1-8-19-17(20-12-10-9-11-18(4,5)6)21-13-16-14(2)22-23(7)15(16)3;/h8-13H2,1-7H3,(H2,19,20,21);1H. The van der Waals surface area contributed by atoms with Crippen molar-refractivity contribution >= 4 is 29.9 Å². The number of aromatic nitrogens is 2. The molecule has 5 nitrogen and oxygen atoms in total. The molecule has 1 aromatic rings. The van der Waals surface area contributed by atoms with Crippen LogP contribution in [-0.2, 0) is 13.6 Å². The Hall–Kier alpha value is -0.790. The first-order valence-electron chi connectivity index (χ1n) is 8.76. The molecule has 0 aliphatic rings. The Morgan fingerprint density at radius 3 is 2.33 bits per heavy atom. The first-order valence-corrected chi connectivity index (χ1v) is 8.76. The summed E-state index contributed by atoms with van der Waals surface area (Å²) in [7, 11) is 1.98. The first-order chi connectivity index (χ1) is 10.7. The van der Waals surface area contributed by atoms with Crippen LogP contribution < -0.4 is 10.6 Å². The van der Waals surface area contributed by atoms with Crippen LogP contribution >= 0.6 is 24.0 Å². The number of nitrogens with zero attached hydrogens (tertiary/aromatic N) is 3. The molecule has 0 amide bonds. The first kappa shape index (κ1) is 23.2. The predicted molar refractivity (Wildman–Crippen MR) is 114 cm³/mol. The maximum absolute atomic E-state index is 4.71. The minimum Gasteiger partial charge on any atom is -0.357 e. The van der Waals surface area contributed by atoms with Crippen LogP contribution in [0.15, 0.2) is 4.99 Å². The van der Waals surface area contributed by atoms with Gasteiger partial charge in [-0.05, 0) is 39.0 Å². The SMILES string of the molecule is CCNC(=NCc1c(C)nn(C)c1C)NCCCCC(C)(C)C.I. The molecular weight excluding hydrogens is 413 g/mol. The topological polar surface area (TPSA) is 54.2 Å². The van der Waals surface area contributed by atoms with E-state index < -0.39 is 0 Å². The van der Waals surface area contributed by atoms with E-state index in [1.165, 1.54) is 30.5 Å².